The second-order valence-corrected chi connectivity index (χ2v) is 6.79. The summed E-state index contributed by atoms with van der Waals surface area (Å²) in [6.07, 6.45) is -1.67. The first-order valence-corrected chi connectivity index (χ1v) is 7.72. The summed E-state index contributed by atoms with van der Waals surface area (Å²) in [6.45, 7) is 5.93. The van der Waals surface area contributed by atoms with Gasteiger partial charge in [0, 0.05) is 45.6 Å². The van der Waals surface area contributed by atoms with Crippen LogP contribution in [0.1, 0.15) is 20.8 Å². The molecule has 125 valence electrons. The van der Waals surface area contributed by atoms with Crippen molar-refractivity contribution in [2.45, 2.75) is 44.6 Å². The smallest absolute Gasteiger partial charge is 0.413 e. The van der Waals surface area contributed by atoms with E-state index in [0.29, 0.717) is 6.10 Å². The van der Waals surface area contributed by atoms with E-state index in [1.165, 1.54) is 13.5 Å². The second-order valence-electron chi connectivity index (χ2n) is 5.24. The number of hydrogen-bond acceptors (Lipinski definition) is 7. The summed E-state index contributed by atoms with van der Waals surface area (Å²) in [6, 6.07) is -1.06. The molecule has 22 heavy (non-hydrogen) atoms. The molecular formula is C11H18BO7PVW-2. The minimum Gasteiger partial charge on any atom is -0.468 e. The zero-order valence-corrected chi connectivity index (χ0v) is 17.6. The quantitative estimate of drug-likeness (QED) is 0.307. The van der Waals surface area contributed by atoms with Crippen molar-refractivity contribution in [1.29, 1.82) is 0 Å². The first-order chi connectivity index (χ1) is 9.16. The molecular weight excluding hydrogens is 521 g/mol. The summed E-state index contributed by atoms with van der Waals surface area (Å²) in [7, 11) is 1.79. The Labute approximate surface area is 158 Å². The molecule has 11 heteroatoms. The first kappa shape index (κ1) is 23.3. The van der Waals surface area contributed by atoms with Crippen LogP contribution in [0.15, 0.2) is 0 Å². The van der Waals surface area contributed by atoms with Crippen LogP contribution in [0.5, 0.6) is 0 Å². The van der Waals surface area contributed by atoms with Crippen LogP contribution in [0.4, 0.5) is 0 Å². The molecule has 0 aromatic carbocycles. The molecule has 0 aliphatic carbocycles. The minimum atomic E-state index is -3.75. The van der Waals surface area contributed by atoms with E-state index in [1.807, 2.05) is 6.92 Å². The molecule has 2 rings (SSSR count). The van der Waals surface area contributed by atoms with Crippen molar-refractivity contribution < 1.29 is 72.7 Å². The third-order valence-corrected chi connectivity index (χ3v) is 4.89. The Kier molecular flexibility index (Phi) is 9.14. The van der Waals surface area contributed by atoms with Crippen molar-refractivity contribution in [3.63, 3.8) is 0 Å². The van der Waals surface area contributed by atoms with E-state index in [1.54, 1.807) is 6.92 Å². The predicted molar refractivity (Wildman–Crippen MR) is 69.2 cm³/mol. The topological polar surface area (TPSA) is 94.5 Å². The van der Waals surface area contributed by atoms with E-state index < -0.39 is 31.6 Å². The van der Waals surface area contributed by atoms with Gasteiger partial charge in [-0.25, -0.2) is 17.3 Å². The fraction of sp³-hybridized carbons (Fsp3) is 0.818. The van der Waals surface area contributed by atoms with Gasteiger partial charge in [-0.15, -0.1) is 6.92 Å². The van der Waals surface area contributed by atoms with Crippen molar-refractivity contribution in [3.8, 4) is 0 Å². The Morgan fingerprint density at radius 2 is 2.14 bits per heavy atom. The third kappa shape index (κ3) is 4.92. The molecule has 2 aliphatic rings. The average Bonchev–Trinajstić information content (AvgIpc) is 2.56. The van der Waals surface area contributed by atoms with E-state index in [4.69, 9.17) is 26.2 Å². The average molecular weight is 539 g/mol. The number of aliphatic hydroxyl groups is 2. The molecule has 2 aliphatic heterocycles. The van der Waals surface area contributed by atoms with E-state index in [9.17, 15) is 14.8 Å². The van der Waals surface area contributed by atoms with Gasteiger partial charge >= 0.3 is 7.82 Å². The number of ether oxygens (including phenoxy) is 1. The predicted octanol–water partition coefficient (Wildman–Crippen LogP) is 0.508. The maximum Gasteiger partial charge on any atom is 0.413 e. The molecule has 0 amide bonds. The summed E-state index contributed by atoms with van der Waals surface area (Å²) in [5.74, 6) is -0.0943. The monoisotopic (exact) mass is 539 g/mol. The molecule has 0 aromatic heterocycles. The summed E-state index contributed by atoms with van der Waals surface area (Å²) >= 11 is 0. The summed E-state index contributed by atoms with van der Waals surface area (Å²) in [4.78, 5) is 0. The van der Waals surface area contributed by atoms with Gasteiger partial charge in [-0.1, -0.05) is 0 Å². The standard InChI is InChI=1S/C11H18BO7P.V.W/c1-6-4-16-20(15,19-7(6)2)17-5-8-9(13)11(3,14)10(12)18-8;;/h4,6,8-10,13-14H,5H2,1-3H3;;/q-2;;/t6?,8-,9-,10-,11-,20?;;/m1../s1. The second kappa shape index (κ2) is 8.62. The molecule has 2 unspecified atom stereocenters. The maximum atomic E-state index is 12.1. The molecule has 0 saturated carbocycles. The molecule has 2 fully saturated rings. The first-order valence-electron chi connectivity index (χ1n) is 6.26. The summed E-state index contributed by atoms with van der Waals surface area (Å²) in [5.41, 5.74) is -1.60. The minimum absolute atomic E-state index is 0. The Bertz CT molecular complexity index is 416. The van der Waals surface area contributed by atoms with Gasteiger partial charge in [0.2, 0.25) is 0 Å². The van der Waals surface area contributed by atoms with Crippen LogP contribution in [-0.2, 0) is 62.5 Å². The van der Waals surface area contributed by atoms with Crippen molar-refractivity contribution >= 4 is 15.7 Å². The number of phosphoric acid groups is 1. The van der Waals surface area contributed by atoms with E-state index in [-0.39, 0.29) is 52.1 Å². The Balaban J connectivity index is 0.00000220. The van der Waals surface area contributed by atoms with Gasteiger partial charge in [0.25, 0.3) is 0 Å². The van der Waals surface area contributed by atoms with E-state index >= 15 is 0 Å². The van der Waals surface area contributed by atoms with E-state index in [2.05, 4.69) is 0 Å². The summed E-state index contributed by atoms with van der Waals surface area (Å²) < 4.78 is 32.5. The largest absolute Gasteiger partial charge is 0.468 e. The molecule has 0 bridgehead atoms. The Hall–Kier alpha value is 1.33. The van der Waals surface area contributed by atoms with Gasteiger partial charge < -0.3 is 24.0 Å². The van der Waals surface area contributed by atoms with Gasteiger partial charge in [0.15, 0.2) is 0 Å². The Morgan fingerprint density at radius 1 is 1.55 bits per heavy atom. The molecule has 3 radical (unpaired) electrons. The van der Waals surface area contributed by atoms with Crippen LogP contribution < -0.4 is 0 Å². The van der Waals surface area contributed by atoms with Crippen LogP contribution in [0.2, 0.25) is 0 Å². The van der Waals surface area contributed by atoms with Gasteiger partial charge in [0.1, 0.15) is 25.7 Å². The zero-order valence-electron chi connectivity index (χ0n) is 12.4. The van der Waals surface area contributed by atoms with Gasteiger partial charge in [-0.05, 0) is 6.92 Å². The normalized spacial score (nSPS) is 45.9. The number of aliphatic hydroxyl groups excluding tert-OH is 1. The van der Waals surface area contributed by atoms with Crippen LogP contribution in [0.3, 0.4) is 0 Å². The molecule has 0 spiro atoms. The van der Waals surface area contributed by atoms with Crippen molar-refractivity contribution in [2.24, 2.45) is 5.92 Å². The van der Waals surface area contributed by atoms with Crippen molar-refractivity contribution in [3.05, 3.63) is 12.7 Å². The van der Waals surface area contributed by atoms with Crippen molar-refractivity contribution in [1.82, 2.24) is 0 Å². The number of phosphoric ester groups is 1. The van der Waals surface area contributed by atoms with Gasteiger partial charge in [-0.2, -0.15) is 6.92 Å². The fourth-order valence-electron chi connectivity index (χ4n) is 1.84. The van der Waals surface area contributed by atoms with Crippen molar-refractivity contribution in [2.75, 3.05) is 6.61 Å². The molecule has 0 aromatic rings. The van der Waals surface area contributed by atoms with Crippen LogP contribution in [-0.4, -0.2) is 48.5 Å². The Morgan fingerprint density at radius 3 is 2.59 bits per heavy atom. The van der Waals surface area contributed by atoms with Crippen LogP contribution >= 0.6 is 7.82 Å². The molecule has 2 N–H and O–H groups in total. The van der Waals surface area contributed by atoms with Gasteiger partial charge in [-0.3, -0.25) is 10.4 Å². The van der Waals surface area contributed by atoms with Crippen LogP contribution in [0, 0.1) is 18.6 Å². The molecule has 7 nitrogen and oxygen atoms in total. The SMILES string of the molecule is [B][C@@H]1O[C@H](COP2(=O)O[CH-]C(C)[C-](C)O2)[C@@H](O)[C@@]1(C)O.[V].[W]. The third-order valence-electron chi connectivity index (χ3n) is 3.54. The van der Waals surface area contributed by atoms with Gasteiger partial charge in [0.05, 0.1) is 6.61 Å². The molecule has 2 heterocycles. The van der Waals surface area contributed by atoms with E-state index in [0.717, 1.165) is 0 Å². The van der Waals surface area contributed by atoms with Crippen LogP contribution in [0.25, 0.3) is 0 Å². The molecule has 6 atom stereocenters. The zero-order chi connectivity index (χ0) is 15.1. The maximum absolute atomic E-state index is 12.1. The number of hydrogen-bond donors (Lipinski definition) is 2. The fourth-order valence-corrected chi connectivity index (χ4v) is 3.18. The summed E-state index contributed by atoms with van der Waals surface area (Å²) in [5, 5.41) is 19.8. The number of rotatable bonds is 3. The molecule has 2 saturated heterocycles.